The number of nitrogens with zero attached hydrogens (tertiary/aromatic N) is 2. The number of carbonyl (C=O) groups is 2. The summed E-state index contributed by atoms with van der Waals surface area (Å²) in [6.07, 6.45) is 0. The smallest absolute Gasteiger partial charge is 0.254 e. The lowest BCUT2D eigenvalue weighted by molar-refractivity contribution is -0.159. The Kier molecular flexibility index (Phi) is 6.06. The van der Waals surface area contributed by atoms with E-state index in [1.807, 2.05) is 24.3 Å². The molecule has 0 saturated carbocycles. The molecule has 3 atom stereocenters. The number of fused-ring (bicyclic) bond motifs is 1. The van der Waals surface area contributed by atoms with Gasteiger partial charge in [-0.1, -0.05) is 24.0 Å². The van der Waals surface area contributed by atoms with Gasteiger partial charge in [0.05, 0.1) is 18.7 Å². The lowest BCUT2D eigenvalue weighted by Gasteiger charge is -2.58. The molecule has 0 aromatic heterocycles. The maximum atomic E-state index is 13.2. The van der Waals surface area contributed by atoms with Gasteiger partial charge in [0.25, 0.3) is 5.91 Å². The van der Waals surface area contributed by atoms with Crippen LogP contribution in [-0.2, 0) is 4.79 Å². The van der Waals surface area contributed by atoms with Crippen molar-refractivity contribution in [3.05, 3.63) is 107 Å². The van der Waals surface area contributed by atoms with Crippen molar-refractivity contribution in [2.24, 2.45) is 0 Å². The molecule has 1 N–H and O–H groups in total. The summed E-state index contributed by atoms with van der Waals surface area (Å²) in [7, 11) is 0. The molecular formula is C28H22F2N2O3. The first-order chi connectivity index (χ1) is 16.9. The summed E-state index contributed by atoms with van der Waals surface area (Å²) in [5.74, 6) is 4.63. The van der Waals surface area contributed by atoms with Crippen molar-refractivity contribution in [3.63, 3.8) is 0 Å². The Morgan fingerprint density at radius 3 is 2.00 bits per heavy atom. The number of aliphatic hydroxyl groups excluding tert-OH is 1. The number of benzene rings is 3. The van der Waals surface area contributed by atoms with Crippen LogP contribution in [0.3, 0.4) is 0 Å². The zero-order chi connectivity index (χ0) is 24.5. The SMILES string of the molecule is O=C(c1ccc(F)cc1)N1CC(=O)N2[C@H](CO)[C@H](c3ccc(C#Cc4ccc(F)cc4)cc3)[C@H]2C1. The van der Waals surface area contributed by atoms with Crippen molar-refractivity contribution >= 4 is 11.8 Å². The number of hydrogen-bond donors (Lipinski definition) is 1. The van der Waals surface area contributed by atoms with E-state index in [0.717, 1.165) is 11.1 Å². The van der Waals surface area contributed by atoms with Gasteiger partial charge in [-0.2, -0.15) is 0 Å². The van der Waals surface area contributed by atoms with E-state index in [4.69, 9.17) is 0 Å². The topological polar surface area (TPSA) is 60.9 Å². The second-order valence-electron chi connectivity index (χ2n) is 8.72. The maximum Gasteiger partial charge on any atom is 0.254 e. The van der Waals surface area contributed by atoms with Gasteiger partial charge in [-0.15, -0.1) is 0 Å². The van der Waals surface area contributed by atoms with Crippen LogP contribution in [0, 0.1) is 23.5 Å². The molecule has 2 saturated heterocycles. The van der Waals surface area contributed by atoms with E-state index in [1.54, 1.807) is 17.0 Å². The summed E-state index contributed by atoms with van der Waals surface area (Å²) >= 11 is 0. The van der Waals surface area contributed by atoms with Crippen molar-refractivity contribution in [3.8, 4) is 11.8 Å². The molecule has 0 aliphatic carbocycles. The molecule has 5 rings (SSSR count). The molecule has 2 aliphatic rings. The Morgan fingerprint density at radius 1 is 0.886 bits per heavy atom. The van der Waals surface area contributed by atoms with Crippen molar-refractivity contribution in [2.75, 3.05) is 19.7 Å². The van der Waals surface area contributed by atoms with Crippen LogP contribution in [-0.4, -0.2) is 58.5 Å². The highest BCUT2D eigenvalue weighted by Gasteiger charge is 2.54. The minimum Gasteiger partial charge on any atom is -0.394 e. The fourth-order valence-electron chi connectivity index (χ4n) is 4.90. The second-order valence-corrected chi connectivity index (χ2v) is 8.72. The minimum atomic E-state index is -0.432. The molecule has 0 spiro atoms. The number of amides is 2. The highest BCUT2D eigenvalue weighted by molar-refractivity contribution is 5.97. The van der Waals surface area contributed by atoms with E-state index in [9.17, 15) is 23.5 Å². The zero-order valence-corrected chi connectivity index (χ0v) is 18.7. The van der Waals surface area contributed by atoms with Gasteiger partial charge in [0, 0.05) is 29.2 Å². The molecule has 0 bridgehead atoms. The average molecular weight is 472 g/mol. The van der Waals surface area contributed by atoms with Crippen molar-refractivity contribution in [1.29, 1.82) is 0 Å². The van der Waals surface area contributed by atoms with Gasteiger partial charge in [0.1, 0.15) is 18.2 Å². The number of rotatable bonds is 3. The van der Waals surface area contributed by atoms with Gasteiger partial charge in [0.15, 0.2) is 0 Å². The largest absolute Gasteiger partial charge is 0.394 e. The molecule has 5 nitrogen and oxygen atoms in total. The Labute approximate surface area is 201 Å². The zero-order valence-electron chi connectivity index (χ0n) is 18.7. The van der Waals surface area contributed by atoms with E-state index in [1.165, 1.54) is 41.3 Å². The molecule has 2 aliphatic heterocycles. The third-order valence-corrected chi connectivity index (χ3v) is 6.62. The van der Waals surface area contributed by atoms with Gasteiger partial charge in [-0.3, -0.25) is 9.59 Å². The highest BCUT2D eigenvalue weighted by atomic mass is 19.1. The molecular weight excluding hydrogens is 450 g/mol. The van der Waals surface area contributed by atoms with E-state index >= 15 is 0 Å². The number of hydrogen-bond acceptors (Lipinski definition) is 3. The Bertz CT molecular complexity index is 1310. The standard InChI is InChI=1S/C28H22F2N2O3/c29-22-11-5-19(6-12-22)2-1-18-3-7-20(8-4-18)27-24-15-31(16-26(34)32(24)25(27)17-33)28(35)21-9-13-23(30)14-10-21/h3-14,24-25,27,33H,15-17H2/t24-,25-,27-/m1/s1. The monoisotopic (exact) mass is 472 g/mol. The molecule has 2 amide bonds. The molecule has 35 heavy (non-hydrogen) atoms. The Hall–Kier alpha value is -4.02. The highest BCUT2D eigenvalue weighted by Crippen LogP contribution is 2.43. The molecule has 0 unspecified atom stereocenters. The van der Waals surface area contributed by atoms with Crippen LogP contribution in [0.1, 0.15) is 33.0 Å². The molecule has 2 heterocycles. The first kappa shape index (κ1) is 22.8. The summed E-state index contributed by atoms with van der Waals surface area (Å²) in [6.45, 7) is 0.0774. The average Bonchev–Trinajstić information content (AvgIpc) is 2.85. The van der Waals surface area contributed by atoms with Gasteiger partial charge in [0.2, 0.25) is 5.91 Å². The van der Waals surface area contributed by atoms with Crippen LogP contribution in [0.25, 0.3) is 0 Å². The maximum absolute atomic E-state index is 13.2. The van der Waals surface area contributed by atoms with Crippen LogP contribution in [0.2, 0.25) is 0 Å². The van der Waals surface area contributed by atoms with Crippen LogP contribution >= 0.6 is 0 Å². The lowest BCUT2D eigenvalue weighted by atomic mass is 9.73. The summed E-state index contributed by atoms with van der Waals surface area (Å²) in [5, 5.41) is 9.98. The fourth-order valence-corrected chi connectivity index (χ4v) is 4.90. The van der Waals surface area contributed by atoms with Crippen LogP contribution in [0.15, 0.2) is 72.8 Å². The first-order valence-corrected chi connectivity index (χ1v) is 11.3. The second kappa shape index (κ2) is 9.32. The minimum absolute atomic E-state index is 0.0756. The number of aliphatic hydroxyl groups is 1. The predicted molar refractivity (Wildman–Crippen MR) is 125 cm³/mol. The van der Waals surface area contributed by atoms with Crippen LogP contribution in [0.4, 0.5) is 8.78 Å². The van der Waals surface area contributed by atoms with Crippen molar-refractivity contribution in [1.82, 2.24) is 9.80 Å². The van der Waals surface area contributed by atoms with Gasteiger partial charge in [-0.05, 0) is 66.2 Å². The summed E-state index contributed by atoms with van der Waals surface area (Å²) < 4.78 is 26.3. The fraction of sp³-hybridized carbons (Fsp3) is 0.214. The quantitative estimate of drug-likeness (QED) is 0.596. The van der Waals surface area contributed by atoms with Gasteiger partial charge < -0.3 is 14.9 Å². The number of halogens is 2. The third-order valence-electron chi connectivity index (χ3n) is 6.62. The Morgan fingerprint density at radius 2 is 1.43 bits per heavy atom. The summed E-state index contributed by atoms with van der Waals surface area (Å²) in [5.41, 5.74) is 2.76. The summed E-state index contributed by atoms with van der Waals surface area (Å²) in [4.78, 5) is 28.9. The van der Waals surface area contributed by atoms with Gasteiger partial charge in [-0.25, -0.2) is 8.78 Å². The predicted octanol–water partition coefficient (Wildman–Crippen LogP) is 3.18. The van der Waals surface area contributed by atoms with E-state index in [0.29, 0.717) is 17.7 Å². The molecule has 2 fully saturated rings. The van der Waals surface area contributed by atoms with E-state index < -0.39 is 5.82 Å². The number of carbonyl (C=O) groups excluding carboxylic acids is 2. The van der Waals surface area contributed by atoms with E-state index in [-0.39, 0.29) is 48.8 Å². The van der Waals surface area contributed by atoms with Crippen molar-refractivity contribution < 1.29 is 23.5 Å². The molecule has 176 valence electrons. The molecule has 3 aromatic carbocycles. The summed E-state index contributed by atoms with van der Waals surface area (Å²) in [6, 6.07) is 18.2. The lowest BCUT2D eigenvalue weighted by Crippen LogP contribution is -2.73. The molecule has 0 radical (unpaired) electrons. The van der Waals surface area contributed by atoms with Crippen LogP contribution < -0.4 is 0 Å². The van der Waals surface area contributed by atoms with Crippen molar-refractivity contribution in [2.45, 2.75) is 18.0 Å². The first-order valence-electron chi connectivity index (χ1n) is 11.3. The normalized spacial score (nSPS) is 21.0. The number of piperazine rings is 1. The molecule has 3 aromatic rings. The van der Waals surface area contributed by atoms with E-state index in [2.05, 4.69) is 11.8 Å². The van der Waals surface area contributed by atoms with Gasteiger partial charge >= 0.3 is 0 Å². The third kappa shape index (κ3) is 4.41. The van der Waals surface area contributed by atoms with Crippen LogP contribution in [0.5, 0.6) is 0 Å². The Balaban J connectivity index is 1.34. The molecule has 7 heteroatoms.